The monoisotopic (exact) mass is 402 g/mol. The first-order valence-electron chi connectivity index (χ1n) is 9.90. The number of allylic oxidation sites excluding steroid dienone is 3. The quantitative estimate of drug-likeness (QED) is 0.424. The Morgan fingerprint density at radius 1 is 1.27 bits per heavy atom. The molecule has 1 aromatic heterocycles. The highest BCUT2D eigenvalue weighted by atomic mass is 19.1. The Labute approximate surface area is 175 Å². The predicted molar refractivity (Wildman–Crippen MR) is 120 cm³/mol. The Morgan fingerprint density at radius 2 is 2.13 bits per heavy atom. The molecule has 5 nitrogen and oxygen atoms in total. The summed E-state index contributed by atoms with van der Waals surface area (Å²) >= 11 is 0. The van der Waals surface area contributed by atoms with Gasteiger partial charge in [0.05, 0.1) is 12.1 Å². The Bertz CT molecular complexity index is 1170. The van der Waals surface area contributed by atoms with Crippen LogP contribution in [0.4, 0.5) is 15.9 Å². The number of hydrogen-bond donors (Lipinski definition) is 0. The standard InChI is InChI=1S/C24H23FN4O/c1-4-6-17(15-26-3)23-27-21-10-9-19(30-5-2)14-20(21)24(28-23)29-12-11-16-7-8-18(25)13-22(16)29/h4,6-10,13-15H,1,5,11-12H2,2-3H3/b17-6+,26-15?. The summed E-state index contributed by atoms with van der Waals surface area (Å²) in [7, 11) is 1.70. The van der Waals surface area contributed by atoms with Crippen molar-refractivity contribution in [1.29, 1.82) is 0 Å². The summed E-state index contributed by atoms with van der Waals surface area (Å²) in [4.78, 5) is 15.8. The minimum atomic E-state index is -0.264. The maximum absolute atomic E-state index is 14.0. The summed E-state index contributed by atoms with van der Waals surface area (Å²) in [5.41, 5.74) is 3.47. The van der Waals surface area contributed by atoms with Crippen molar-refractivity contribution in [3.8, 4) is 5.75 Å². The van der Waals surface area contributed by atoms with Crippen LogP contribution in [0, 0.1) is 5.82 Å². The van der Waals surface area contributed by atoms with Crippen molar-refractivity contribution in [2.24, 2.45) is 4.99 Å². The lowest BCUT2D eigenvalue weighted by atomic mass is 10.1. The second kappa shape index (κ2) is 8.45. The molecule has 0 radical (unpaired) electrons. The topological polar surface area (TPSA) is 50.6 Å². The third kappa shape index (κ3) is 3.68. The van der Waals surface area contributed by atoms with Gasteiger partial charge in [-0.2, -0.15) is 0 Å². The molecule has 0 N–H and O–H groups in total. The van der Waals surface area contributed by atoms with E-state index in [4.69, 9.17) is 14.7 Å². The molecule has 6 heteroatoms. The van der Waals surface area contributed by atoms with Crippen molar-refractivity contribution in [2.75, 3.05) is 25.1 Å². The molecule has 0 spiro atoms. The van der Waals surface area contributed by atoms with E-state index >= 15 is 0 Å². The highest BCUT2D eigenvalue weighted by molar-refractivity contribution is 6.09. The number of rotatable bonds is 6. The third-order valence-corrected chi connectivity index (χ3v) is 4.98. The number of ether oxygens (including phenoxy) is 1. The van der Waals surface area contributed by atoms with Crippen LogP contribution in [0.25, 0.3) is 16.5 Å². The fraction of sp³-hybridized carbons (Fsp3) is 0.208. The van der Waals surface area contributed by atoms with Gasteiger partial charge in [0.2, 0.25) is 0 Å². The number of anilines is 2. The summed E-state index contributed by atoms with van der Waals surface area (Å²) in [6.07, 6.45) is 6.04. The molecular formula is C24H23FN4O. The molecule has 0 bridgehead atoms. The number of aliphatic imine (C=N–C) groups is 1. The average molecular weight is 402 g/mol. The van der Waals surface area contributed by atoms with Crippen molar-refractivity contribution in [2.45, 2.75) is 13.3 Å². The zero-order chi connectivity index (χ0) is 21.1. The van der Waals surface area contributed by atoms with Crippen LogP contribution < -0.4 is 9.64 Å². The molecule has 0 unspecified atom stereocenters. The molecule has 2 heterocycles. The molecule has 3 aromatic rings. The van der Waals surface area contributed by atoms with E-state index in [0.29, 0.717) is 19.0 Å². The first-order valence-corrected chi connectivity index (χ1v) is 9.90. The van der Waals surface area contributed by atoms with Gasteiger partial charge in [0.25, 0.3) is 0 Å². The highest BCUT2D eigenvalue weighted by Gasteiger charge is 2.25. The molecule has 1 aliphatic heterocycles. The van der Waals surface area contributed by atoms with Gasteiger partial charge in [-0.25, -0.2) is 14.4 Å². The lowest BCUT2D eigenvalue weighted by Gasteiger charge is -2.21. The number of nitrogens with zero attached hydrogens (tertiary/aromatic N) is 4. The normalized spacial score (nSPS) is 13.8. The molecule has 30 heavy (non-hydrogen) atoms. The maximum Gasteiger partial charge on any atom is 0.163 e. The second-order valence-corrected chi connectivity index (χ2v) is 6.90. The van der Waals surface area contributed by atoms with Crippen LogP contribution in [0.3, 0.4) is 0 Å². The fourth-order valence-corrected chi connectivity index (χ4v) is 3.70. The van der Waals surface area contributed by atoms with E-state index in [9.17, 15) is 4.39 Å². The van der Waals surface area contributed by atoms with Gasteiger partial charge in [-0.3, -0.25) is 4.99 Å². The summed E-state index contributed by atoms with van der Waals surface area (Å²) in [6, 6.07) is 10.7. The Balaban J connectivity index is 1.96. The average Bonchev–Trinajstić information content (AvgIpc) is 3.16. The molecule has 0 saturated heterocycles. The number of halogens is 1. The predicted octanol–water partition coefficient (Wildman–Crippen LogP) is 5.13. The van der Waals surface area contributed by atoms with E-state index in [-0.39, 0.29) is 5.82 Å². The van der Waals surface area contributed by atoms with Gasteiger partial charge in [-0.15, -0.1) is 0 Å². The van der Waals surface area contributed by atoms with Crippen LogP contribution >= 0.6 is 0 Å². The van der Waals surface area contributed by atoms with Gasteiger partial charge < -0.3 is 9.64 Å². The fourth-order valence-electron chi connectivity index (χ4n) is 3.70. The number of hydrogen-bond acceptors (Lipinski definition) is 5. The van der Waals surface area contributed by atoms with Gasteiger partial charge in [-0.1, -0.05) is 24.8 Å². The van der Waals surface area contributed by atoms with Crippen LogP contribution in [0.15, 0.2) is 60.1 Å². The lowest BCUT2D eigenvalue weighted by molar-refractivity contribution is 0.340. The Kier molecular flexibility index (Phi) is 5.57. The summed E-state index contributed by atoms with van der Waals surface area (Å²) in [5.74, 6) is 1.75. The number of aromatic nitrogens is 2. The van der Waals surface area contributed by atoms with E-state index in [1.54, 1.807) is 25.4 Å². The van der Waals surface area contributed by atoms with Crippen LogP contribution in [-0.4, -0.2) is 36.4 Å². The van der Waals surface area contributed by atoms with Crippen LogP contribution in [-0.2, 0) is 6.42 Å². The van der Waals surface area contributed by atoms with E-state index in [2.05, 4.69) is 16.5 Å². The maximum atomic E-state index is 14.0. The smallest absolute Gasteiger partial charge is 0.163 e. The Hall–Kier alpha value is -3.54. The summed E-state index contributed by atoms with van der Waals surface area (Å²) in [6.45, 7) is 7.00. The van der Waals surface area contributed by atoms with E-state index in [1.165, 1.54) is 6.07 Å². The van der Waals surface area contributed by atoms with Crippen LogP contribution in [0.1, 0.15) is 18.3 Å². The molecule has 0 aliphatic carbocycles. The summed E-state index contributed by atoms with van der Waals surface area (Å²) < 4.78 is 19.7. The summed E-state index contributed by atoms with van der Waals surface area (Å²) in [5, 5.41) is 0.855. The van der Waals surface area contributed by atoms with Crippen LogP contribution in [0.2, 0.25) is 0 Å². The molecule has 0 saturated carbocycles. The van der Waals surface area contributed by atoms with Gasteiger partial charge in [0.1, 0.15) is 17.4 Å². The van der Waals surface area contributed by atoms with E-state index in [0.717, 1.165) is 45.7 Å². The minimum Gasteiger partial charge on any atom is -0.494 e. The van der Waals surface area contributed by atoms with Gasteiger partial charge in [-0.05, 0) is 49.2 Å². The van der Waals surface area contributed by atoms with Crippen molar-refractivity contribution in [1.82, 2.24) is 9.97 Å². The zero-order valence-electron chi connectivity index (χ0n) is 17.1. The van der Waals surface area contributed by atoms with Crippen LogP contribution in [0.5, 0.6) is 5.75 Å². The molecule has 2 aromatic carbocycles. The first-order chi connectivity index (χ1) is 14.6. The van der Waals surface area contributed by atoms with E-state index in [1.807, 2.05) is 37.3 Å². The molecule has 1 aliphatic rings. The van der Waals surface area contributed by atoms with Gasteiger partial charge in [0, 0.05) is 36.5 Å². The number of fused-ring (bicyclic) bond motifs is 2. The molecule has 152 valence electrons. The molecule has 0 amide bonds. The third-order valence-electron chi connectivity index (χ3n) is 4.98. The van der Waals surface area contributed by atoms with Crippen molar-refractivity contribution in [3.05, 3.63) is 72.3 Å². The molecule has 0 fully saturated rings. The second-order valence-electron chi connectivity index (χ2n) is 6.90. The van der Waals surface area contributed by atoms with Crippen molar-refractivity contribution in [3.63, 3.8) is 0 Å². The van der Waals surface area contributed by atoms with Gasteiger partial charge >= 0.3 is 0 Å². The highest BCUT2D eigenvalue weighted by Crippen LogP contribution is 2.38. The molecule has 4 rings (SSSR count). The number of benzene rings is 2. The Morgan fingerprint density at radius 3 is 2.90 bits per heavy atom. The SMILES string of the molecule is C=C/C=C(\C=NC)c1nc(N2CCc3ccc(F)cc32)c2cc(OCC)ccc2n1. The largest absolute Gasteiger partial charge is 0.494 e. The van der Waals surface area contributed by atoms with E-state index < -0.39 is 0 Å². The van der Waals surface area contributed by atoms with Crippen molar-refractivity contribution < 1.29 is 9.13 Å². The molecular weight excluding hydrogens is 379 g/mol. The lowest BCUT2D eigenvalue weighted by Crippen LogP contribution is -2.17. The van der Waals surface area contributed by atoms with Gasteiger partial charge in [0.15, 0.2) is 5.82 Å². The zero-order valence-corrected chi connectivity index (χ0v) is 17.1. The first kappa shape index (κ1) is 19.8. The minimum absolute atomic E-state index is 0.264. The molecule has 0 atom stereocenters. The van der Waals surface area contributed by atoms with Crippen molar-refractivity contribution >= 4 is 34.2 Å².